The van der Waals surface area contributed by atoms with Gasteiger partial charge in [-0.2, -0.15) is 0 Å². The number of halogens is 1. The lowest BCUT2D eigenvalue weighted by Gasteiger charge is -2.24. The Kier molecular flexibility index (Phi) is 5.29. The molecular weight excluding hydrogens is 224 g/mol. The first-order chi connectivity index (χ1) is 7.65. The Morgan fingerprint density at radius 2 is 2.00 bits per heavy atom. The summed E-state index contributed by atoms with van der Waals surface area (Å²) in [5, 5.41) is 2.80. The number of nitrogens with one attached hydrogen (secondary N) is 1. The SMILES string of the molecule is CN(C)[C@@H](CNC(=O)CCl)c1ccccc1. The second-order valence-corrected chi connectivity index (χ2v) is 4.10. The fraction of sp³-hybridized carbons (Fsp3) is 0.417. The number of alkyl halides is 1. The van der Waals surface area contributed by atoms with Gasteiger partial charge in [-0.3, -0.25) is 4.79 Å². The van der Waals surface area contributed by atoms with E-state index in [0.717, 1.165) is 0 Å². The van der Waals surface area contributed by atoms with Gasteiger partial charge in [-0.15, -0.1) is 11.6 Å². The number of nitrogens with zero attached hydrogens (tertiary/aromatic N) is 1. The van der Waals surface area contributed by atoms with Crippen LogP contribution in [0.15, 0.2) is 30.3 Å². The third-order valence-electron chi connectivity index (χ3n) is 2.42. The molecule has 0 bridgehead atoms. The van der Waals surface area contributed by atoms with Crippen molar-refractivity contribution in [3.63, 3.8) is 0 Å². The Morgan fingerprint density at radius 3 is 2.50 bits per heavy atom. The Hall–Kier alpha value is -1.06. The highest BCUT2D eigenvalue weighted by Crippen LogP contribution is 2.16. The lowest BCUT2D eigenvalue weighted by atomic mass is 10.1. The van der Waals surface area contributed by atoms with E-state index in [1.54, 1.807) is 0 Å². The molecule has 0 saturated carbocycles. The van der Waals surface area contributed by atoms with Crippen LogP contribution in [0.3, 0.4) is 0 Å². The van der Waals surface area contributed by atoms with Crippen molar-refractivity contribution in [1.29, 1.82) is 0 Å². The highest BCUT2D eigenvalue weighted by Gasteiger charge is 2.14. The highest BCUT2D eigenvalue weighted by atomic mass is 35.5. The van der Waals surface area contributed by atoms with Gasteiger partial charge in [0.05, 0.1) is 6.04 Å². The zero-order valence-corrected chi connectivity index (χ0v) is 10.4. The van der Waals surface area contributed by atoms with Crippen LogP contribution in [0.4, 0.5) is 0 Å². The van der Waals surface area contributed by atoms with Crippen LogP contribution in [-0.2, 0) is 4.79 Å². The van der Waals surface area contributed by atoms with Gasteiger partial charge in [0.1, 0.15) is 5.88 Å². The van der Waals surface area contributed by atoms with Crippen LogP contribution >= 0.6 is 11.6 Å². The number of carbonyl (C=O) groups excluding carboxylic acids is 1. The maximum atomic E-state index is 11.1. The third kappa shape index (κ3) is 3.83. The predicted molar refractivity (Wildman–Crippen MR) is 66.6 cm³/mol. The summed E-state index contributed by atoms with van der Waals surface area (Å²) in [6.45, 7) is 0.572. The molecule has 0 saturated heterocycles. The molecule has 16 heavy (non-hydrogen) atoms. The molecule has 1 aromatic carbocycles. The molecule has 0 aromatic heterocycles. The van der Waals surface area contributed by atoms with Gasteiger partial charge in [0.2, 0.25) is 5.91 Å². The topological polar surface area (TPSA) is 32.3 Å². The lowest BCUT2D eigenvalue weighted by molar-refractivity contribution is -0.118. The number of hydrogen-bond donors (Lipinski definition) is 1. The van der Waals surface area contributed by atoms with Crippen molar-refractivity contribution in [3.8, 4) is 0 Å². The van der Waals surface area contributed by atoms with Gasteiger partial charge in [0, 0.05) is 6.54 Å². The summed E-state index contributed by atoms with van der Waals surface area (Å²) in [6, 6.07) is 10.3. The molecule has 4 heteroatoms. The van der Waals surface area contributed by atoms with Crippen molar-refractivity contribution < 1.29 is 4.79 Å². The van der Waals surface area contributed by atoms with Crippen LogP contribution in [0.5, 0.6) is 0 Å². The first-order valence-electron chi connectivity index (χ1n) is 5.19. The minimum absolute atomic E-state index is 0.00887. The van der Waals surface area contributed by atoms with Crippen molar-refractivity contribution >= 4 is 17.5 Å². The van der Waals surface area contributed by atoms with E-state index >= 15 is 0 Å². The molecule has 1 amide bonds. The molecule has 0 fully saturated rings. The van der Waals surface area contributed by atoms with Gasteiger partial charge in [-0.1, -0.05) is 30.3 Å². The highest BCUT2D eigenvalue weighted by molar-refractivity contribution is 6.27. The standard InChI is InChI=1S/C12H17ClN2O/c1-15(2)11(9-14-12(16)8-13)10-6-4-3-5-7-10/h3-7,11H,8-9H2,1-2H3,(H,14,16)/t11-/m0/s1. The summed E-state index contributed by atoms with van der Waals surface area (Å²) >= 11 is 5.44. The largest absolute Gasteiger partial charge is 0.353 e. The van der Waals surface area contributed by atoms with E-state index in [0.29, 0.717) is 6.54 Å². The number of rotatable bonds is 5. The average molecular weight is 241 g/mol. The molecule has 0 heterocycles. The fourth-order valence-corrected chi connectivity index (χ4v) is 1.63. The Balaban J connectivity index is 2.66. The van der Waals surface area contributed by atoms with Gasteiger partial charge in [0.25, 0.3) is 0 Å². The van der Waals surface area contributed by atoms with Crippen molar-refractivity contribution in [1.82, 2.24) is 10.2 Å². The third-order valence-corrected chi connectivity index (χ3v) is 2.66. The number of likely N-dealkylation sites (N-methyl/N-ethyl adjacent to an activating group) is 1. The van der Waals surface area contributed by atoms with Gasteiger partial charge in [-0.05, 0) is 19.7 Å². The van der Waals surface area contributed by atoms with Gasteiger partial charge in [-0.25, -0.2) is 0 Å². The fourth-order valence-electron chi connectivity index (χ4n) is 1.53. The van der Waals surface area contributed by atoms with Crippen molar-refractivity contribution in [2.24, 2.45) is 0 Å². The number of benzene rings is 1. The average Bonchev–Trinajstić information content (AvgIpc) is 2.30. The summed E-state index contributed by atoms with van der Waals surface area (Å²) in [4.78, 5) is 13.2. The summed E-state index contributed by atoms with van der Waals surface area (Å²) in [6.07, 6.45) is 0. The quantitative estimate of drug-likeness (QED) is 0.794. The van der Waals surface area contributed by atoms with Gasteiger partial charge >= 0.3 is 0 Å². The van der Waals surface area contributed by atoms with Crippen LogP contribution < -0.4 is 5.32 Å². The van der Waals surface area contributed by atoms with E-state index in [4.69, 9.17) is 11.6 Å². The van der Waals surface area contributed by atoms with E-state index in [9.17, 15) is 4.79 Å². The zero-order valence-electron chi connectivity index (χ0n) is 9.61. The molecule has 88 valence electrons. The summed E-state index contributed by atoms with van der Waals surface area (Å²) in [7, 11) is 3.98. The lowest BCUT2D eigenvalue weighted by Crippen LogP contribution is -2.35. The second-order valence-electron chi connectivity index (χ2n) is 3.83. The molecular formula is C12H17ClN2O. The number of hydrogen-bond acceptors (Lipinski definition) is 2. The normalized spacial score (nSPS) is 12.5. The molecule has 0 radical (unpaired) electrons. The van der Waals surface area contributed by atoms with E-state index in [1.807, 2.05) is 32.3 Å². The predicted octanol–water partition coefficient (Wildman–Crippen LogP) is 1.64. The van der Waals surface area contributed by atoms with Crippen LogP contribution in [-0.4, -0.2) is 37.3 Å². The van der Waals surface area contributed by atoms with Crippen molar-refractivity contribution in [2.45, 2.75) is 6.04 Å². The zero-order chi connectivity index (χ0) is 12.0. The summed E-state index contributed by atoms with van der Waals surface area (Å²) in [5.41, 5.74) is 1.18. The minimum atomic E-state index is -0.135. The second kappa shape index (κ2) is 6.51. The van der Waals surface area contributed by atoms with E-state index in [-0.39, 0.29) is 17.8 Å². The van der Waals surface area contributed by atoms with E-state index < -0.39 is 0 Å². The molecule has 3 nitrogen and oxygen atoms in total. The molecule has 1 atom stereocenters. The molecule has 1 N–H and O–H groups in total. The first-order valence-corrected chi connectivity index (χ1v) is 5.72. The molecule has 1 rings (SSSR count). The molecule has 0 aliphatic carbocycles. The molecule has 0 spiro atoms. The minimum Gasteiger partial charge on any atom is -0.353 e. The number of carbonyl (C=O) groups is 1. The number of amides is 1. The van der Waals surface area contributed by atoms with Crippen LogP contribution in [0.2, 0.25) is 0 Å². The Bertz CT molecular complexity index is 327. The van der Waals surface area contributed by atoms with Gasteiger partial charge in [0.15, 0.2) is 0 Å². The van der Waals surface area contributed by atoms with E-state index in [2.05, 4.69) is 22.3 Å². The smallest absolute Gasteiger partial charge is 0.234 e. The first kappa shape index (κ1) is 13.0. The Labute approximate surface area is 101 Å². The molecule has 0 aliphatic heterocycles. The van der Waals surface area contributed by atoms with Crippen LogP contribution in [0.25, 0.3) is 0 Å². The molecule has 0 unspecified atom stereocenters. The van der Waals surface area contributed by atoms with Crippen molar-refractivity contribution in [3.05, 3.63) is 35.9 Å². The maximum absolute atomic E-state index is 11.1. The van der Waals surface area contributed by atoms with E-state index in [1.165, 1.54) is 5.56 Å². The maximum Gasteiger partial charge on any atom is 0.234 e. The van der Waals surface area contributed by atoms with Crippen LogP contribution in [0, 0.1) is 0 Å². The Morgan fingerprint density at radius 1 is 1.38 bits per heavy atom. The van der Waals surface area contributed by atoms with Gasteiger partial charge < -0.3 is 10.2 Å². The van der Waals surface area contributed by atoms with Crippen molar-refractivity contribution in [2.75, 3.05) is 26.5 Å². The summed E-state index contributed by atoms with van der Waals surface area (Å²) in [5.74, 6) is -0.126. The molecule has 1 aromatic rings. The monoisotopic (exact) mass is 240 g/mol. The summed E-state index contributed by atoms with van der Waals surface area (Å²) < 4.78 is 0. The molecule has 0 aliphatic rings. The van der Waals surface area contributed by atoms with Crippen LogP contribution in [0.1, 0.15) is 11.6 Å².